The monoisotopic (exact) mass is 1090 g/mol. The largest absolute Gasteiger partial charge is 0.394 e. The van der Waals surface area contributed by atoms with Crippen molar-refractivity contribution in [3.63, 3.8) is 0 Å². The van der Waals surface area contributed by atoms with E-state index in [-0.39, 0.29) is 6.61 Å². The van der Waals surface area contributed by atoms with Gasteiger partial charge in [-0.25, -0.2) is 0 Å². The molecule has 1 aliphatic heterocycles. The number of hydrogen-bond acceptors (Lipinski definition) is 9. The lowest BCUT2D eigenvalue weighted by atomic mass is 9.99. The zero-order chi connectivity index (χ0) is 55.9. The summed E-state index contributed by atoms with van der Waals surface area (Å²) >= 11 is 0. The number of carbonyl (C=O) groups is 1. The SMILES string of the molecule is CCCCCCCCCC/C=C/CC/C=C/C(O)C(COC1OC(CO)C(O)C(O)C1O)NC(=O)C(O)CCCCCCCCCCCCCCCCCC/C=C\C/C=C\CCCCCCCCCCCCCCCCC. The number of allylic oxidation sites excluding steroid dienone is 7. The second-order valence-corrected chi connectivity index (χ2v) is 23.0. The summed E-state index contributed by atoms with van der Waals surface area (Å²) in [5.74, 6) is -0.624. The summed E-state index contributed by atoms with van der Waals surface area (Å²) in [5, 5.41) is 65.0. The quantitative estimate of drug-likeness (QED) is 0.0232. The molecule has 0 aromatic rings. The molecule has 0 spiro atoms. The first-order valence-corrected chi connectivity index (χ1v) is 33.0. The van der Waals surface area contributed by atoms with E-state index in [9.17, 15) is 35.4 Å². The Kier molecular flexibility index (Phi) is 53.2. The van der Waals surface area contributed by atoms with Gasteiger partial charge >= 0.3 is 0 Å². The van der Waals surface area contributed by atoms with Crippen molar-refractivity contribution >= 4 is 5.91 Å². The molecule has 8 atom stereocenters. The minimum Gasteiger partial charge on any atom is -0.394 e. The van der Waals surface area contributed by atoms with Crippen LogP contribution in [-0.2, 0) is 14.3 Å². The van der Waals surface area contributed by atoms with Crippen molar-refractivity contribution in [1.82, 2.24) is 5.32 Å². The molecular weight excluding hydrogens is 963 g/mol. The molecule has 0 aromatic carbocycles. The van der Waals surface area contributed by atoms with Crippen LogP contribution in [0.1, 0.15) is 309 Å². The lowest BCUT2D eigenvalue weighted by molar-refractivity contribution is -0.302. The molecule has 0 bridgehead atoms. The van der Waals surface area contributed by atoms with Crippen molar-refractivity contribution < 1.29 is 44.9 Å². The lowest BCUT2D eigenvalue weighted by Gasteiger charge is -2.40. The number of carbonyl (C=O) groups excluding carboxylic acids is 1. The number of ether oxygens (including phenoxy) is 2. The number of aliphatic hydroxyl groups excluding tert-OH is 6. The second kappa shape index (κ2) is 56.0. The van der Waals surface area contributed by atoms with Gasteiger partial charge in [0.25, 0.3) is 0 Å². The van der Waals surface area contributed by atoms with Gasteiger partial charge in [-0.05, 0) is 64.2 Å². The Bertz CT molecular complexity index is 1370. The Balaban J connectivity index is 2.10. The van der Waals surface area contributed by atoms with Crippen LogP contribution in [0.25, 0.3) is 0 Å². The second-order valence-electron chi connectivity index (χ2n) is 23.0. The van der Waals surface area contributed by atoms with Gasteiger partial charge in [-0.1, -0.05) is 294 Å². The third-order valence-electron chi connectivity index (χ3n) is 15.7. The molecule has 10 heteroatoms. The fraction of sp³-hybridized carbons (Fsp3) is 0.866. The third-order valence-corrected chi connectivity index (χ3v) is 15.7. The molecule has 1 rings (SSSR count). The van der Waals surface area contributed by atoms with Crippen LogP contribution >= 0.6 is 0 Å². The minimum atomic E-state index is -1.62. The first kappa shape index (κ1) is 73.1. The highest BCUT2D eigenvalue weighted by molar-refractivity contribution is 5.80. The summed E-state index contributed by atoms with van der Waals surface area (Å²) in [4.78, 5) is 13.1. The summed E-state index contributed by atoms with van der Waals surface area (Å²) in [6.45, 7) is 3.62. The molecule has 8 unspecified atom stereocenters. The molecule has 1 heterocycles. The average molecular weight is 1090 g/mol. The van der Waals surface area contributed by atoms with E-state index in [4.69, 9.17) is 9.47 Å². The third kappa shape index (κ3) is 44.5. The summed E-state index contributed by atoms with van der Waals surface area (Å²) in [7, 11) is 0. The molecule has 1 aliphatic rings. The van der Waals surface area contributed by atoms with Crippen molar-refractivity contribution in [2.45, 2.75) is 358 Å². The van der Waals surface area contributed by atoms with E-state index in [1.807, 2.05) is 6.08 Å². The molecule has 0 aliphatic carbocycles. The van der Waals surface area contributed by atoms with E-state index < -0.39 is 61.5 Å². The number of unbranched alkanes of at least 4 members (excludes halogenated alkanes) is 40. The van der Waals surface area contributed by atoms with Crippen LogP contribution in [0.15, 0.2) is 48.6 Å². The van der Waals surface area contributed by atoms with Gasteiger partial charge in [0.15, 0.2) is 6.29 Å². The summed E-state index contributed by atoms with van der Waals surface area (Å²) in [5.41, 5.74) is 0. The van der Waals surface area contributed by atoms with Crippen LogP contribution in [0.3, 0.4) is 0 Å². The number of nitrogens with one attached hydrogen (secondary N) is 1. The fourth-order valence-corrected chi connectivity index (χ4v) is 10.4. The van der Waals surface area contributed by atoms with Gasteiger partial charge in [-0.3, -0.25) is 4.79 Å². The fourth-order valence-electron chi connectivity index (χ4n) is 10.4. The van der Waals surface area contributed by atoms with Gasteiger partial charge < -0.3 is 45.4 Å². The Labute approximate surface area is 474 Å². The van der Waals surface area contributed by atoms with E-state index in [1.54, 1.807) is 6.08 Å². The Morgan fingerprint density at radius 1 is 0.455 bits per heavy atom. The molecule has 1 fully saturated rings. The zero-order valence-corrected chi connectivity index (χ0v) is 50.1. The molecule has 0 saturated carbocycles. The van der Waals surface area contributed by atoms with Crippen molar-refractivity contribution in [3.05, 3.63) is 48.6 Å². The topological polar surface area (TPSA) is 169 Å². The highest BCUT2D eigenvalue weighted by Crippen LogP contribution is 2.23. The molecule has 7 N–H and O–H groups in total. The van der Waals surface area contributed by atoms with Gasteiger partial charge in [-0.15, -0.1) is 0 Å². The Hall–Kier alpha value is -1.89. The van der Waals surface area contributed by atoms with Gasteiger partial charge in [-0.2, -0.15) is 0 Å². The molecule has 1 amide bonds. The predicted octanol–water partition coefficient (Wildman–Crippen LogP) is 16.2. The molecular formula is C67H125NO9. The lowest BCUT2D eigenvalue weighted by Crippen LogP contribution is -2.60. The molecule has 10 nitrogen and oxygen atoms in total. The normalized spacial score (nSPS) is 19.4. The Morgan fingerprint density at radius 2 is 0.805 bits per heavy atom. The standard InChI is InChI=1S/C67H125NO9/c1-3-5-7-9-11-13-15-17-19-20-21-22-23-24-25-26-27-28-29-30-31-32-33-34-35-36-37-38-39-40-41-42-44-46-48-50-52-54-56-61(71)66(75)68-59(58-76-67-65(74)64(73)63(72)62(57-69)77-67)60(70)55-53-51-49-47-45-43-18-16-14-12-10-8-6-4-2/h27-28,30-31,45,47,53,55,59-65,67,69-74H,3-26,29,32-44,46,48-52,54,56-58H2,1-2H3,(H,68,75)/b28-27-,31-30-,47-45+,55-53+. The van der Waals surface area contributed by atoms with Crippen LogP contribution < -0.4 is 5.32 Å². The van der Waals surface area contributed by atoms with Crippen LogP contribution in [0.5, 0.6) is 0 Å². The first-order valence-electron chi connectivity index (χ1n) is 33.0. The van der Waals surface area contributed by atoms with Crippen LogP contribution in [-0.4, -0.2) is 98.7 Å². The van der Waals surface area contributed by atoms with Crippen molar-refractivity contribution in [3.8, 4) is 0 Å². The summed E-state index contributed by atoms with van der Waals surface area (Å²) < 4.78 is 11.2. The van der Waals surface area contributed by atoms with Gasteiger partial charge in [0.05, 0.1) is 25.4 Å². The smallest absolute Gasteiger partial charge is 0.249 e. The maximum absolute atomic E-state index is 13.1. The van der Waals surface area contributed by atoms with Crippen LogP contribution in [0.2, 0.25) is 0 Å². The van der Waals surface area contributed by atoms with E-state index >= 15 is 0 Å². The van der Waals surface area contributed by atoms with Crippen LogP contribution in [0, 0.1) is 0 Å². The Morgan fingerprint density at radius 3 is 1.21 bits per heavy atom. The highest BCUT2D eigenvalue weighted by atomic mass is 16.7. The molecule has 1 saturated heterocycles. The van der Waals surface area contributed by atoms with E-state index in [1.165, 1.54) is 238 Å². The maximum Gasteiger partial charge on any atom is 0.249 e. The van der Waals surface area contributed by atoms with E-state index in [0.29, 0.717) is 19.3 Å². The number of aliphatic hydroxyl groups is 6. The van der Waals surface area contributed by atoms with Crippen LogP contribution in [0.4, 0.5) is 0 Å². The van der Waals surface area contributed by atoms with Gasteiger partial charge in [0, 0.05) is 0 Å². The number of rotatable bonds is 57. The van der Waals surface area contributed by atoms with Crippen molar-refractivity contribution in [2.75, 3.05) is 13.2 Å². The highest BCUT2D eigenvalue weighted by Gasteiger charge is 2.44. The van der Waals surface area contributed by atoms with E-state index in [2.05, 4.69) is 55.6 Å². The molecule has 0 radical (unpaired) electrons. The first-order chi connectivity index (χ1) is 37.8. The average Bonchev–Trinajstić information content (AvgIpc) is 3.44. The van der Waals surface area contributed by atoms with Crippen molar-refractivity contribution in [2.24, 2.45) is 0 Å². The maximum atomic E-state index is 13.1. The zero-order valence-electron chi connectivity index (χ0n) is 50.1. The minimum absolute atomic E-state index is 0.304. The van der Waals surface area contributed by atoms with E-state index in [0.717, 1.165) is 38.5 Å². The predicted molar refractivity (Wildman–Crippen MR) is 324 cm³/mol. The van der Waals surface area contributed by atoms with Gasteiger partial charge in [0.1, 0.15) is 30.5 Å². The van der Waals surface area contributed by atoms with Crippen molar-refractivity contribution in [1.29, 1.82) is 0 Å². The summed E-state index contributed by atoms with van der Waals surface area (Å²) in [6.07, 6.45) is 65.5. The van der Waals surface area contributed by atoms with Gasteiger partial charge in [0.2, 0.25) is 5.91 Å². The summed E-state index contributed by atoms with van der Waals surface area (Å²) in [6, 6.07) is -0.998. The number of amides is 1. The molecule has 452 valence electrons. The molecule has 0 aromatic heterocycles. The number of hydrogen-bond donors (Lipinski definition) is 7. The molecule has 77 heavy (non-hydrogen) atoms.